The van der Waals surface area contributed by atoms with Crippen LogP contribution in [-0.2, 0) is 21.6 Å². The molecule has 8 nitrogen and oxygen atoms in total. The summed E-state index contributed by atoms with van der Waals surface area (Å²) in [6, 6.07) is 16.0. The Morgan fingerprint density at radius 2 is 1.92 bits per heavy atom. The van der Waals surface area contributed by atoms with Crippen molar-refractivity contribution in [2.75, 3.05) is 25.1 Å². The second-order valence-corrected chi connectivity index (χ2v) is 10.7. The number of hydrogen-bond donors (Lipinski definition) is 2. The van der Waals surface area contributed by atoms with Crippen molar-refractivity contribution in [3.05, 3.63) is 76.4 Å². The highest BCUT2D eigenvalue weighted by molar-refractivity contribution is 6.33. The first-order chi connectivity index (χ1) is 18.5. The molecule has 0 bridgehead atoms. The summed E-state index contributed by atoms with van der Waals surface area (Å²) in [5.74, 6) is 0.201. The van der Waals surface area contributed by atoms with Gasteiger partial charge in [0.25, 0.3) is 5.91 Å². The fourth-order valence-corrected chi connectivity index (χ4v) is 5.75. The lowest BCUT2D eigenvalue weighted by atomic mass is 9.72. The van der Waals surface area contributed by atoms with Crippen LogP contribution in [0.5, 0.6) is 0 Å². The van der Waals surface area contributed by atoms with Gasteiger partial charge in [0.1, 0.15) is 6.54 Å². The normalized spacial score (nSPS) is 18.6. The van der Waals surface area contributed by atoms with Gasteiger partial charge in [0.15, 0.2) is 0 Å². The number of nitrogens with zero attached hydrogens (tertiary/aromatic N) is 3. The van der Waals surface area contributed by atoms with Crippen LogP contribution in [0.25, 0.3) is 11.3 Å². The summed E-state index contributed by atoms with van der Waals surface area (Å²) < 4.78 is 5.42. The number of ether oxygens (including phenoxy) is 1. The number of amides is 2. The molecule has 1 saturated carbocycles. The molecule has 9 heteroatoms. The summed E-state index contributed by atoms with van der Waals surface area (Å²) in [5.41, 5.74) is 3.55. The molecule has 0 atom stereocenters. The highest BCUT2D eigenvalue weighted by Crippen LogP contribution is 2.41. The number of carbonyl (C=O) groups is 2. The van der Waals surface area contributed by atoms with Gasteiger partial charge in [-0.3, -0.25) is 9.59 Å². The van der Waals surface area contributed by atoms with E-state index in [9.17, 15) is 9.59 Å². The van der Waals surface area contributed by atoms with E-state index in [-0.39, 0.29) is 29.9 Å². The van der Waals surface area contributed by atoms with Crippen LogP contribution < -0.4 is 10.6 Å². The molecule has 1 saturated heterocycles. The third-order valence-corrected chi connectivity index (χ3v) is 8.08. The van der Waals surface area contributed by atoms with Crippen LogP contribution in [0.4, 0.5) is 5.95 Å². The minimum absolute atomic E-state index is 0.0187. The van der Waals surface area contributed by atoms with Crippen LogP contribution in [0.1, 0.15) is 53.6 Å². The summed E-state index contributed by atoms with van der Waals surface area (Å²) in [4.78, 5) is 37.0. The lowest BCUT2D eigenvalue weighted by Crippen LogP contribution is -2.53. The molecular formula is C29H30ClN5O3. The lowest BCUT2D eigenvalue weighted by Gasteiger charge is -2.43. The van der Waals surface area contributed by atoms with Gasteiger partial charge in [-0.05, 0) is 49.3 Å². The van der Waals surface area contributed by atoms with E-state index in [1.165, 1.54) is 0 Å². The highest BCUT2D eigenvalue weighted by atomic mass is 35.5. The van der Waals surface area contributed by atoms with Crippen molar-refractivity contribution < 1.29 is 14.3 Å². The Bertz CT molecular complexity index is 1360. The van der Waals surface area contributed by atoms with E-state index in [0.29, 0.717) is 42.0 Å². The summed E-state index contributed by atoms with van der Waals surface area (Å²) in [6.45, 7) is 1.85. The number of halogens is 1. The van der Waals surface area contributed by atoms with Crippen LogP contribution in [0.15, 0.2) is 54.7 Å². The van der Waals surface area contributed by atoms with Gasteiger partial charge in [-0.1, -0.05) is 54.1 Å². The number of aromatic nitrogens is 2. The largest absolute Gasteiger partial charge is 0.381 e. The molecule has 0 unspecified atom stereocenters. The highest BCUT2D eigenvalue weighted by Gasteiger charge is 2.40. The first-order valence-corrected chi connectivity index (χ1v) is 13.5. The molecule has 1 aromatic heterocycles. The molecule has 196 valence electrons. The average molecular weight is 532 g/mol. The summed E-state index contributed by atoms with van der Waals surface area (Å²) in [7, 11) is 0. The van der Waals surface area contributed by atoms with Gasteiger partial charge < -0.3 is 20.3 Å². The van der Waals surface area contributed by atoms with Gasteiger partial charge in [0, 0.05) is 36.9 Å². The maximum Gasteiger partial charge on any atom is 0.254 e. The first-order valence-electron chi connectivity index (χ1n) is 13.2. The van der Waals surface area contributed by atoms with E-state index in [4.69, 9.17) is 16.3 Å². The van der Waals surface area contributed by atoms with Crippen molar-refractivity contribution in [3.8, 4) is 11.3 Å². The molecule has 0 spiro atoms. The molecular weight excluding hydrogens is 502 g/mol. The Hall–Kier alpha value is -3.49. The summed E-state index contributed by atoms with van der Waals surface area (Å²) >= 11 is 6.47. The van der Waals surface area contributed by atoms with E-state index in [1.54, 1.807) is 11.1 Å². The van der Waals surface area contributed by atoms with Crippen molar-refractivity contribution in [2.24, 2.45) is 0 Å². The Labute approximate surface area is 226 Å². The van der Waals surface area contributed by atoms with Gasteiger partial charge in [0.05, 0.1) is 22.5 Å². The van der Waals surface area contributed by atoms with Gasteiger partial charge in [-0.15, -0.1) is 0 Å². The quantitative estimate of drug-likeness (QED) is 0.464. The van der Waals surface area contributed by atoms with E-state index >= 15 is 0 Å². The van der Waals surface area contributed by atoms with Crippen LogP contribution >= 0.6 is 11.6 Å². The molecule has 2 amide bonds. The average Bonchev–Trinajstić information content (AvgIpc) is 3.22. The van der Waals surface area contributed by atoms with E-state index in [2.05, 4.69) is 32.7 Å². The zero-order valence-corrected chi connectivity index (χ0v) is 21.8. The molecule has 3 heterocycles. The summed E-state index contributed by atoms with van der Waals surface area (Å²) in [6.07, 6.45) is 6.26. The Balaban J connectivity index is 1.16. The number of benzene rings is 2. The van der Waals surface area contributed by atoms with Gasteiger partial charge >= 0.3 is 0 Å². The van der Waals surface area contributed by atoms with E-state index in [0.717, 1.165) is 48.8 Å². The number of rotatable bonds is 7. The zero-order valence-electron chi connectivity index (χ0n) is 21.1. The third kappa shape index (κ3) is 4.86. The molecule has 2 N–H and O–H groups in total. The molecule has 0 radical (unpaired) electrons. The van der Waals surface area contributed by atoms with Crippen LogP contribution in [0, 0.1) is 0 Å². The van der Waals surface area contributed by atoms with Crippen molar-refractivity contribution in [2.45, 2.75) is 50.2 Å². The second-order valence-electron chi connectivity index (χ2n) is 10.3. The number of hydrogen-bond acceptors (Lipinski definition) is 6. The van der Waals surface area contributed by atoms with Gasteiger partial charge in [-0.25, -0.2) is 9.97 Å². The molecule has 6 rings (SSSR count). The number of fused-ring (bicyclic) bond motifs is 1. The fraction of sp³-hybridized carbons (Fsp3) is 0.379. The number of nitrogens with one attached hydrogen (secondary N) is 2. The number of carbonyl (C=O) groups excluding carboxylic acids is 2. The number of anilines is 1. The minimum Gasteiger partial charge on any atom is -0.381 e. The molecule has 2 aromatic carbocycles. The van der Waals surface area contributed by atoms with Crippen LogP contribution in [0.3, 0.4) is 0 Å². The monoisotopic (exact) mass is 531 g/mol. The molecule has 2 aliphatic heterocycles. The van der Waals surface area contributed by atoms with Crippen molar-refractivity contribution in [1.29, 1.82) is 0 Å². The standard InChI is InChI=1S/C29H30ClN5O3/c30-24-16-31-28(32-22-9-13-38-14-10-22)33-26(24)19-7-8-20-17-35(27(37)23(20)15-19)18-25(36)34-29(11-4-12-29)21-5-2-1-3-6-21/h1-3,5-8,15-16,22H,4,9-14,17-18H2,(H,34,36)(H,31,32,33). The second kappa shape index (κ2) is 10.3. The maximum atomic E-state index is 13.3. The van der Waals surface area contributed by atoms with Crippen LogP contribution in [0.2, 0.25) is 5.02 Å². The fourth-order valence-electron chi connectivity index (χ4n) is 5.55. The lowest BCUT2D eigenvalue weighted by molar-refractivity contribution is -0.125. The first kappa shape index (κ1) is 24.8. The minimum atomic E-state index is -0.332. The van der Waals surface area contributed by atoms with Crippen molar-refractivity contribution in [3.63, 3.8) is 0 Å². The van der Waals surface area contributed by atoms with Crippen LogP contribution in [-0.4, -0.2) is 52.5 Å². The zero-order chi connectivity index (χ0) is 26.1. The Morgan fingerprint density at radius 1 is 1.13 bits per heavy atom. The third-order valence-electron chi connectivity index (χ3n) is 7.81. The van der Waals surface area contributed by atoms with Gasteiger partial charge in [-0.2, -0.15) is 0 Å². The van der Waals surface area contributed by atoms with Crippen molar-refractivity contribution >= 4 is 29.4 Å². The maximum absolute atomic E-state index is 13.3. The summed E-state index contributed by atoms with van der Waals surface area (Å²) in [5, 5.41) is 7.00. The molecule has 2 fully saturated rings. The topological polar surface area (TPSA) is 96.5 Å². The Kier molecular flexibility index (Phi) is 6.76. The molecule has 1 aliphatic carbocycles. The molecule has 38 heavy (non-hydrogen) atoms. The smallest absolute Gasteiger partial charge is 0.254 e. The van der Waals surface area contributed by atoms with E-state index < -0.39 is 0 Å². The molecule has 3 aliphatic rings. The predicted molar refractivity (Wildman–Crippen MR) is 145 cm³/mol. The predicted octanol–water partition coefficient (Wildman–Crippen LogP) is 4.54. The SMILES string of the molecule is O=C(CN1Cc2ccc(-c3nc(NC4CCOCC4)ncc3Cl)cc2C1=O)NC1(c2ccccc2)CCC1. The van der Waals surface area contributed by atoms with Gasteiger partial charge in [0.2, 0.25) is 11.9 Å². The Morgan fingerprint density at radius 3 is 2.66 bits per heavy atom. The van der Waals surface area contributed by atoms with E-state index in [1.807, 2.05) is 36.4 Å². The van der Waals surface area contributed by atoms with Crippen molar-refractivity contribution in [1.82, 2.24) is 20.2 Å². The molecule has 3 aromatic rings.